The van der Waals surface area contributed by atoms with E-state index in [4.69, 9.17) is 0 Å². The molecular weight excluding hydrogens is 194 g/mol. The summed E-state index contributed by atoms with van der Waals surface area (Å²) in [5, 5.41) is 1.99. The first kappa shape index (κ1) is 16.8. The molecule has 1 heteroatoms. The standard InChI is InChI=1S/C11H11N.2C2H6/c1-3-6-10-8-5-9-12-11(10)7-4-2;2*1-2/h3-9H,1-2H2;2*1-2H3/b10-6-,11-7+;;. The van der Waals surface area contributed by atoms with Gasteiger partial charge in [0.1, 0.15) is 0 Å². The smallest absolute Gasteiger partial charge is 0.0701 e. The van der Waals surface area contributed by atoms with Crippen LogP contribution in [0.15, 0.2) is 43.6 Å². The summed E-state index contributed by atoms with van der Waals surface area (Å²) in [6.45, 7) is 15.3. The van der Waals surface area contributed by atoms with Gasteiger partial charge in [0, 0.05) is 11.4 Å². The van der Waals surface area contributed by atoms with Gasteiger partial charge in [-0.15, -0.1) is 0 Å². The predicted octanol–water partition coefficient (Wildman–Crippen LogP) is 3.07. The van der Waals surface area contributed by atoms with Crippen LogP contribution in [-0.4, -0.2) is 4.98 Å². The van der Waals surface area contributed by atoms with Crippen LogP contribution in [0.3, 0.4) is 0 Å². The first-order valence-corrected chi connectivity index (χ1v) is 5.75. The lowest BCUT2D eigenvalue weighted by molar-refractivity contribution is 1.22. The summed E-state index contributed by atoms with van der Waals surface area (Å²) in [7, 11) is 0. The van der Waals surface area contributed by atoms with Crippen molar-refractivity contribution in [2.75, 3.05) is 0 Å². The summed E-state index contributed by atoms with van der Waals surface area (Å²) in [6, 6.07) is 3.89. The molecule has 0 atom stereocenters. The monoisotopic (exact) mass is 217 g/mol. The highest BCUT2D eigenvalue weighted by Crippen LogP contribution is 1.70. The quantitative estimate of drug-likeness (QED) is 0.742. The first-order chi connectivity index (χ1) is 7.88. The van der Waals surface area contributed by atoms with E-state index in [-0.39, 0.29) is 0 Å². The fourth-order valence-electron chi connectivity index (χ4n) is 0.949. The van der Waals surface area contributed by atoms with Crippen molar-refractivity contribution in [1.29, 1.82) is 0 Å². The van der Waals surface area contributed by atoms with E-state index in [1.54, 1.807) is 18.3 Å². The van der Waals surface area contributed by atoms with Crippen LogP contribution in [0.5, 0.6) is 0 Å². The summed E-state index contributed by atoms with van der Waals surface area (Å²) in [6.07, 6.45) is 9.02. The van der Waals surface area contributed by atoms with E-state index in [9.17, 15) is 0 Å². The number of hydrogen-bond donors (Lipinski definition) is 0. The molecule has 0 saturated heterocycles. The van der Waals surface area contributed by atoms with Gasteiger partial charge in [0.25, 0.3) is 0 Å². The average Bonchev–Trinajstić information content (AvgIpc) is 2.37. The molecule has 0 unspecified atom stereocenters. The molecule has 1 aromatic rings. The third-order valence-corrected chi connectivity index (χ3v) is 1.44. The number of nitrogens with zero attached hydrogens (tertiary/aromatic N) is 1. The molecule has 0 aromatic carbocycles. The van der Waals surface area contributed by atoms with Gasteiger partial charge in [0.2, 0.25) is 0 Å². The minimum Gasteiger partial charge on any atom is -0.256 e. The lowest BCUT2D eigenvalue weighted by atomic mass is 10.3. The van der Waals surface area contributed by atoms with Crippen molar-refractivity contribution in [3.8, 4) is 0 Å². The summed E-state index contributed by atoms with van der Waals surface area (Å²) in [5.74, 6) is 0. The number of hydrogen-bond acceptors (Lipinski definition) is 1. The van der Waals surface area contributed by atoms with Crippen LogP contribution in [0.1, 0.15) is 27.7 Å². The van der Waals surface area contributed by atoms with Crippen molar-refractivity contribution >= 4 is 12.2 Å². The van der Waals surface area contributed by atoms with E-state index >= 15 is 0 Å². The van der Waals surface area contributed by atoms with E-state index < -0.39 is 0 Å². The second kappa shape index (κ2) is 13.4. The van der Waals surface area contributed by atoms with Gasteiger partial charge in [-0.3, -0.25) is 4.98 Å². The van der Waals surface area contributed by atoms with Crippen LogP contribution in [-0.2, 0) is 0 Å². The predicted molar refractivity (Wildman–Crippen MR) is 75.5 cm³/mol. The summed E-state index contributed by atoms with van der Waals surface area (Å²) < 4.78 is 0. The molecule has 0 aliphatic carbocycles. The van der Waals surface area contributed by atoms with Crippen molar-refractivity contribution < 1.29 is 0 Å². The molecule has 0 bridgehead atoms. The van der Waals surface area contributed by atoms with Gasteiger partial charge in [-0.05, 0) is 12.1 Å². The summed E-state index contributed by atoms with van der Waals surface area (Å²) in [4.78, 5) is 4.18. The van der Waals surface area contributed by atoms with Gasteiger partial charge in [-0.2, -0.15) is 0 Å². The average molecular weight is 217 g/mol. The highest BCUT2D eigenvalue weighted by atomic mass is 14.6. The van der Waals surface area contributed by atoms with Crippen molar-refractivity contribution in [1.82, 2.24) is 4.98 Å². The minimum atomic E-state index is 0.924. The molecule has 0 saturated carbocycles. The van der Waals surface area contributed by atoms with Crippen LogP contribution in [0.25, 0.3) is 12.2 Å². The zero-order valence-corrected chi connectivity index (χ0v) is 10.9. The van der Waals surface area contributed by atoms with Gasteiger partial charge >= 0.3 is 0 Å². The van der Waals surface area contributed by atoms with E-state index in [0.717, 1.165) is 10.6 Å². The zero-order valence-electron chi connectivity index (χ0n) is 10.9. The Morgan fingerprint density at radius 1 is 1.00 bits per heavy atom. The van der Waals surface area contributed by atoms with Gasteiger partial charge in [0.15, 0.2) is 0 Å². The van der Waals surface area contributed by atoms with Crippen LogP contribution in [0, 0.1) is 0 Å². The Kier molecular flexibility index (Phi) is 14.0. The number of aromatic nitrogens is 1. The maximum absolute atomic E-state index is 4.18. The molecule has 0 radical (unpaired) electrons. The van der Waals surface area contributed by atoms with Crippen LogP contribution >= 0.6 is 0 Å². The van der Waals surface area contributed by atoms with E-state index in [1.807, 2.05) is 52.0 Å². The second-order valence-electron chi connectivity index (χ2n) is 2.28. The highest BCUT2D eigenvalue weighted by molar-refractivity contribution is 5.39. The molecule has 0 N–H and O–H groups in total. The molecule has 0 fully saturated rings. The number of pyridine rings is 1. The minimum absolute atomic E-state index is 0.924. The molecule has 16 heavy (non-hydrogen) atoms. The Morgan fingerprint density at radius 3 is 2.06 bits per heavy atom. The molecule has 1 rings (SSSR count). The Morgan fingerprint density at radius 2 is 1.56 bits per heavy atom. The van der Waals surface area contributed by atoms with Gasteiger partial charge in [0.05, 0.1) is 5.35 Å². The molecule has 0 amide bonds. The van der Waals surface area contributed by atoms with Crippen molar-refractivity contribution in [2.24, 2.45) is 0 Å². The van der Waals surface area contributed by atoms with Gasteiger partial charge in [-0.25, -0.2) is 0 Å². The van der Waals surface area contributed by atoms with E-state index in [1.165, 1.54) is 0 Å². The maximum Gasteiger partial charge on any atom is 0.0701 e. The largest absolute Gasteiger partial charge is 0.256 e. The fraction of sp³-hybridized carbons (Fsp3) is 0.267. The SMILES string of the molecule is C=C/C=c1/cccn/c1=C/C=C.CC.CC. The molecule has 1 nitrogen and oxygen atoms in total. The second-order valence-corrected chi connectivity index (χ2v) is 2.28. The number of allylic oxidation sites excluding steroid dienone is 2. The number of rotatable bonds is 2. The lowest BCUT2D eigenvalue weighted by Gasteiger charge is -1.85. The molecule has 88 valence electrons. The van der Waals surface area contributed by atoms with Gasteiger partial charge < -0.3 is 0 Å². The Labute approximate surface area is 99.6 Å². The normalized spacial score (nSPS) is 10.5. The van der Waals surface area contributed by atoms with E-state index in [0.29, 0.717) is 0 Å². The molecular formula is C15H23N. The summed E-state index contributed by atoms with van der Waals surface area (Å²) in [5.41, 5.74) is 0. The molecule has 1 aromatic heterocycles. The molecule has 0 aliphatic rings. The van der Waals surface area contributed by atoms with Gasteiger partial charge in [-0.1, -0.05) is 65.1 Å². The van der Waals surface area contributed by atoms with Crippen molar-refractivity contribution in [3.05, 3.63) is 54.2 Å². The molecule has 1 heterocycles. The molecule has 0 aliphatic heterocycles. The van der Waals surface area contributed by atoms with E-state index in [2.05, 4.69) is 18.1 Å². The lowest BCUT2D eigenvalue weighted by Crippen LogP contribution is -2.26. The van der Waals surface area contributed by atoms with Crippen LogP contribution in [0.2, 0.25) is 0 Å². The van der Waals surface area contributed by atoms with Crippen LogP contribution in [0.4, 0.5) is 0 Å². The van der Waals surface area contributed by atoms with Crippen molar-refractivity contribution in [2.45, 2.75) is 27.7 Å². The topological polar surface area (TPSA) is 12.9 Å². The Bertz CT molecular complexity index is 349. The van der Waals surface area contributed by atoms with Crippen LogP contribution < -0.4 is 10.6 Å². The van der Waals surface area contributed by atoms with Crippen molar-refractivity contribution in [3.63, 3.8) is 0 Å². The molecule has 0 spiro atoms. The Hall–Kier alpha value is -1.63. The summed E-state index contributed by atoms with van der Waals surface area (Å²) >= 11 is 0. The fourth-order valence-corrected chi connectivity index (χ4v) is 0.949. The third kappa shape index (κ3) is 6.77. The highest BCUT2D eigenvalue weighted by Gasteiger charge is 1.80. The Balaban J connectivity index is 0. The zero-order chi connectivity index (χ0) is 12.8. The first-order valence-electron chi connectivity index (χ1n) is 5.75. The third-order valence-electron chi connectivity index (χ3n) is 1.44. The maximum atomic E-state index is 4.18.